The number of carbonyl (C=O) groups excluding carboxylic acids is 2. The van der Waals surface area contributed by atoms with Crippen LogP contribution in [-0.4, -0.2) is 29.9 Å². The van der Waals surface area contributed by atoms with Crippen LogP contribution in [0.3, 0.4) is 0 Å². The topological polar surface area (TPSA) is 72.8 Å². The largest absolute Gasteiger partial charge is 0.424 e. The van der Waals surface area contributed by atoms with Crippen molar-refractivity contribution in [2.24, 2.45) is 11.8 Å². The van der Waals surface area contributed by atoms with E-state index >= 15 is 0 Å². The summed E-state index contributed by atoms with van der Waals surface area (Å²) in [5.41, 5.74) is -0.114. The van der Waals surface area contributed by atoms with Crippen molar-refractivity contribution in [3.63, 3.8) is 0 Å². The molecule has 0 aliphatic carbocycles. The Morgan fingerprint density at radius 1 is 1.04 bits per heavy atom. The third-order valence-electron chi connectivity index (χ3n) is 3.29. The van der Waals surface area contributed by atoms with Crippen molar-refractivity contribution in [1.29, 1.82) is 0 Å². The molecule has 0 aliphatic heterocycles. The molecule has 0 saturated carbocycles. The summed E-state index contributed by atoms with van der Waals surface area (Å²) in [7, 11) is 0. The Kier molecular flexibility index (Phi) is 7.28. The molecule has 0 aliphatic rings. The first-order valence-electron chi connectivity index (χ1n) is 7.64. The maximum Gasteiger partial charge on any atom is 0.311 e. The fraction of sp³-hybridized carbons (Fsp3) is 0.529. The molecule has 0 radical (unpaired) electrons. The van der Waals surface area contributed by atoms with Crippen LogP contribution in [0.4, 0.5) is 8.78 Å². The van der Waals surface area contributed by atoms with Crippen LogP contribution in [0.2, 0.25) is 0 Å². The minimum atomic E-state index is -1.51. The standard InChI is InChI=1S/C17H22F2O5/c1-9(2)15(21)23-17(24-16(22)10(3)4)13(8-20)12-6-5-11(18)7-14(12)19/h5-7,9-10,13,17,20H,8H2,1-4H3. The fourth-order valence-electron chi connectivity index (χ4n) is 1.82. The third kappa shape index (κ3) is 5.26. The van der Waals surface area contributed by atoms with Gasteiger partial charge in [-0.15, -0.1) is 0 Å². The smallest absolute Gasteiger partial charge is 0.311 e. The number of ether oxygens (including phenoxy) is 2. The van der Waals surface area contributed by atoms with E-state index < -0.39 is 54.2 Å². The van der Waals surface area contributed by atoms with Gasteiger partial charge in [-0.3, -0.25) is 9.59 Å². The first kappa shape index (κ1) is 20.0. The fourth-order valence-corrected chi connectivity index (χ4v) is 1.82. The van der Waals surface area contributed by atoms with Gasteiger partial charge < -0.3 is 14.6 Å². The average Bonchev–Trinajstić information content (AvgIpc) is 2.49. The molecule has 0 spiro atoms. The van der Waals surface area contributed by atoms with E-state index in [0.29, 0.717) is 6.07 Å². The van der Waals surface area contributed by atoms with Gasteiger partial charge in [-0.05, 0) is 6.07 Å². The molecule has 0 saturated heterocycles. The van der Waals surface area contributed by atoms with Crippen molar-refractivity contribution in [3.8, 4) is 0 Å². The molecule has 1 aromatic rings. The van der Waals surface area contributed by atoms with Gasteiger partial charge in [-0.25, -0.2) is 8.78 Å². The van der Waals surface area contributed by atoms with Gasteiger partial charge in [-0.1, -0.05) is 33.8 Å². The minimum Gasteiger partial charge on any atom is -0.424 e. The van der Waals surface area contributed by atoms with E-state index in [-0.39, 0.29) is 5.56 Å². The number of carbonyl (C=O) groups is 2. The van der Waals surface area contributed by atoms with Crippen molar-refractivity contribution in [1.82, 2.24) is 0 Å². The monoisotopic (exact) mass is 344 g/mol. The van der Waals surface area contributed by atoms with Crippen LogP contribution in [0.5, 0.6) is 0 Å². The van der Waals surface area contributed by atoms with Gasteiger partial charge >= 0.3 is 11.9 Å². The number of aliphatic hydroxyl groups is 1. The minimum absolute atomic E-state index is 0.114. The lowest BCUT2D eigenvalue weighted by molar-refractivity contribution is -0.198. The summed E-state index contributed by atoms with van der Waals surface area (Å²) in [4.78, 5) is 23.7. The molecule has 1 rings (SSSR count). The molecule has 7 heteroatoms. The maximum absolute atomic E-state index is 14.0. The van der Waals surface area contributed by atoms with Crippen molar-refractivity contribution in [2.75, 3.05) is 6.61 Å². The van der Waals surface area contributed by atoms with Crippen LogP contribution in [-0.2, 0) is 19.1 Å². The Bertz CT molecular complexity index is 564. The second-order valence-corrected chi connectivity index (χ2v) is 6.01. The molecule has 0 fully saturated rings. The summed E-state index contributed by atoms with van der Waals surface area (Å²) in [6.45, 7) is 5.66. The Morgan fingerprint density at radius 2 is 1.54 bits per heavy atom. The Morgan fingerprint density at radius 3 is 1.92 bits per heavy atom. The van der Waals surface area contributed by atoms with Crippen LogP contribution in [0, 0.1) is 23.5 Å². The Balaban J connectivity index is 3.16. The summed E-state index contributed by atoms with van der Waals surface area (Å²) in [5.74, 6) is -5.25. The van der Waals surface area contributed by atoms with Crippen LogP contribution in [0.1, 0.15) is 39.2 Å². The molecule has 0 aromatic heterocycles. The molecule has 1 unspecified atom stereocenters. The quantitative estimate of drug-likeness (QED) is 0.608. The first-order valence-corrected chi connectivity index (χ1v) is 7.64. The number of hydrogen-bond donors (Lipinski definition) is 1. The van der Waals surface area contributed by atoms with E-state index in [1.165, 1.54) is 0 Å². The molecule has 1 aromatic carbocycles. The van der Waals surface area contributed by atoms with Crippen molar-refractivity contribution >= 4 is 11.9 Å². The van der Waals surface area contributed by atoms with Gasteiger partial charge in [0, 0.05) is 11.6 Å². The molecule has 1 atom stereocenters. The third-order valence-corrected chi connectivity index (χ3v) is 3.29. The highest BCUT2D eigenvalue weighted by Gasteiger charge is 2.33. The molecular formula is C17H22F2O5. The zero-order chi connectivity index (χ0) is 18.4. The Hall–Kier alpha value is -2.02. The molecule has 0 heterocycles. The van der Waals surface area contributed by atoms with Crippen LogP contribution in [0.25, 0.3) is 0 Å². The molecule has 1 N–H and O–H groups in total. The van der Waals surface area contributed by atoms with Gasteiger partial charge in [0.2, 0.25) is 0 Å². The van der Waals surface area contributed by atoms with E-state index in [9.17, 15) is 23.5 Å². The zero-order valence-corrected chi connectivity index (χ0v) is 14.1. The zero-order valence-electron chi connectivity index (χ0n) is 14.1. The lowest BCUT2D eigenvalue weighted by Crippen LogP contribution is -2.35. The number of benzene rings is 1. The van der Waals surface area contributed by atoms with Crippen molar-refractivity contribution in [3.05, 3.63) is 35.4 Å². The van der Waals surface area contributed by atoms with Gasteiger partial charge in [0.25, 0.3) is 6.29 Å². The van der Waals surface area contributed by atoms with E-state index in [2.05, 4.69) is 0 Å². The second-order valence-electron chi connectivity index (χ2n) is 6.01. The lowest BCUT2D eigenvalue weighted by Gasteiger charge is -2.27. The summed E-state index contributed by atoms with van der Waals surface area (Å²) in [6.07, 6.45) is -1.51. The predicted octanol–water partition coefficient (Wildman–Crippen LogP) is 2.77. The van der Waals surface area contributed by atoms with E-state index in [4.69, 9.17) is 9.47 Å². The molecule has 0 bridgehead atoms. The number of aliphatic hydroxyl groups excluding tert-OH is 1. The molecular weight excluding hydrogens is 322 g/mol. The van der Waals surface area contributed by atoms with Crippen LogP contribution >= 0.6 is 0 Å². The van der Waals surface area contributed by atoms with Crippen LogP contribution < -0.4 is 0 Å². The normalized spacial score (nSPS) is 12.6. The highest BCUT2D eigenvalue weighted by Crippen LogP contribution is 2.27. The SMILES string of the molecule is CC(C)C(=O)OC(OC(=O)C(C)C)C(CO)c1ccc(F)cc1F. The molecule has 134 valence electrons. The predicted molar refractivity (Wildman–Crippen MR) is 81.8 cm³/mol. The summed E-state index contributed by atoms with van der Waals surface area (Å²) < 4.78 is 37.3. The molecule has 0 amide bonds. The van der Waals surface area contributed by atoms with Gasteiger partial charge in [0.1, 0.15) is 11.6 Å². The number of rotatable bonds is 7. The number of halogens is 2. The van der Waals surface area contributed by atoms with Crippen molar-refractivity contribution in [2.45, 2.75) is 39.9 Å². The first-order chi connectivity index (χ1) is 11.2. The van der Waals surface area contributed by atoms with E-state index in [0.717, 1.165) is 12.1 Å². The Labute approximate surface area is 139 Å². The summed E-state index contributed by atoms with van der Waals surface area (Å²) in [6, 6.07) is 2.77. The van der Waals surface area contributed by atoms with E-state index in [1.54, 1.807) is 27.7 Å². The highest BCUT2D eigenvalue weighted by molar-refractivity contribution is 5.73. The van der Waals surface area contributed by atoms with Gasteiger partial charge in [-0.2, -0.15) is 0 Å². The van der Waals surface area contributed by atoms with E-state index in [1.807, 2.05) is 0 Å². The van der Waals surface area contributed by atoms with Gasteiger partial charge in [0.15, 0.2) is 0 Å². The maximum atomic E-state index is 14.0. The molecule has 24 heavy (non-hydrogen) atoms. The summed E-state index contributed by atoms with van der Waals surface area (Å²) >= 11 is 0. The number of esters is 2. The second kappa shape index (κ2) is 8.73. The lowest BCUT2D eigenvalue weighted by atomic mass is 9.98. The van der Waals surface area contributed by atoms with Crippen LogP contribution in [0.15, 0.2) is 18.2 Å². The van der Waals surface area contributed by atoms with Gasteiger partial charge in [0.05, 0.1) is 24.4 Å². The number of hydrogen-bond acceptors (Lipinski definition) is 5. The summed E-state index contributed by atoms with van der Waals surface area (Å²) in [5, 5.41) is 9.60. The molecule has 5 nitrogen and oxygen atoms in total. The van der Waals surface area contributed by atoms with Crippen molar-refractivity contribution < 1.29 is 33.0 Å². The average molecular weight is 344 g/mol. The highest BCUT2D eigenvalue weighted by atomic mass is 19.1.